The van der Waals surface area contributed by atoms with E-state index in [-0.39, 0.29) is 24.3 Å². The number of benzene rings is 2. The van der Waals surface area contributed by atoms with E-state index >= 15 is 0 Å². The summed E-state index contributed by atoms with van der Waals surface area (Å²) in [5.74, 6) is -1.67. The lowest BCUT2D eigenvalue weighted by Crippen LogP contribution is -2.65. The van der Waals surface area contributed by atoms with Crippen molar-refractivity contribution >= 4 is 11.9 Å². The van der Waals surface area contributed by atoms with Crippen molar-refractivity contribution < 1.29 is 49.7 Å². The fourth-order valence-corrected chi connectivity index (χ4v) is 3.41. The highest BCUT2D eigenvalue weighted by atomic mass is 16.6. The van der Waals surface area contributed by atoms with Crippen LogP contribution in [0.3, 0.4) is 0 Å². The van der Waals surface area contributed by atoms with Crippen LogP contribution >= 0.6 is 0 Å². The van der Waals surface area contributed by atoms with Crippen LogP contribution < -0.4 is 0 Å². The molecule has 1 fully saturated rings. The molecule has 172 valence electrons. The second-order valence-electron chi connectivity index (χ2n) is 7.56. The molecule has 1 aliphatic carbocycles. The van der Waals surface area contributed by atoms with Gasteiger partial charge in [0.15, 0.2) is 12.2 Å². The van der Waals surface area contributed by atoms with Crippen molar-refractivity contribution in [1.82, 2.24) is 0 Å². The van der Waals surface area contributed by atoms with Crippen molar-refractivity contribution in [1.29, 1.82) is 0 Å². The predicted octanol–water partition coefficient (Wildman–Crippen LogP) is -0.836. The summed E-state index contributed by atoms with van der Waals surface area (Å²) in [4.78, 5) is 24.4. The first-order valence-corrected chi connectivity index (χ1v) is 9.82. The highest BCUT2D eigenvalue weighted by Crippen LogP contribution is 2.27. The first-order chi connectivity index (χ1) is 15.2. The summed E-state index contributed by atoms with van der Waals surface area (Å²) >= 11 is 0. The molecule has 0 heterocycles. The van der Waals surface area contributed by atoms with Crippen LogP contribution in [0.25, 0.3) is 0 Å². The lowest BCUT2D eigenvalue weighted by Gasteiger charge is -2.42. The van der Waals surface area contributed by atoms with Crippen LogP contribution in [-0.4, -0.2) is 79.2 Å². The zero-order chi connectivity index (χ0) is 23.4. The van der Waals surface area contributed by atoms with Gasteiger partial charge in [0.05, 0.1) is 12.8 Å². The van der Waals surface area contributed by atoms with E-state index in [4.69, 9.17) is 9.47 Å². The molecule has 2 aromatic carbocycles. The van der Waals surface area contributed by atoms with Gasteiger partial charge in [0.25, 0.3) is 0 Å². The number of hydrogen-bond donors (Lipinski definition) is 6. The van der Waals surface area contributed by atoms with Crippen LogP contribution in [0.4, 0.5) is 0 Å². The third-order valence-electron chi connectivity index (χ3n) is 5.15. The van der Waals surface area contributed by atoms with Crippen LogP contribution in [-0.2, 0) is 31.9 Å². The molecule has 0 spiro atoms. The van der Waals surface area contributed by atoms with E-state index in [1.807, 2.05) is 0 Å². The molecule has 0 radical (unpaired) electrons. The lowest BCUT2D eigenvalue weighted by molar-refractivity contribution is -0.240. The van der Waals surface area contributed by atoms with E-state index in [1.165, 1.54) is 48.5 Å². The molecule has 10 heteroatoms. The fraction of sp³-hybridized carbons (Fsp3) is 0.364. The number of esters is 2. The summed E-state index contributed by atoms with van der Waals surface area (Å²) in [6.07, 6.45) is -11.1. The number of phenolic OH excluding ortho intramolecular Hbond substituents is 2. The Kier molecular flexibility index (Phi) is 7.31. The standard InChI is InChI=1S/C22H24O10/c23-13-5-1-11(2-6-13)9-15(25)31-21-17(27)19(29)22(20(30)18(21)28)32-16(26)10-12-3-7-14(24)8-4-12/h1-8,17-24,27-30H,9-10H2/t17-,18+,19+,20-,21?,22?. The van der Waals surface area contributed by atoms with Crippen molar-refractivity contribution in [3.8, 4) is 11.5 Å². The summed E-state index contributed by atoms with van der Waals surface area (Å²) in [6.45, 7) is 0. The van der Waals surface area contributed by atoms with Crippen molar-refractivity contribution in [2.75, 3.05) is 0 Å². The maximum absolute atomic E-state index is 12.2. The van der Waals surface area contributed by atoms with Crippen LogP contribution in [0, 0.1) is 0 Å². The van der Waals surface area contributed by atoms with E-state index in [0.29, 0.717) is 11.1 Å². The van der Waals surface area contributed by atoms with E-state index in [2.05, 4.69) is 0 Å². The highest BCUT2D eigenvalue weighted by molar-refractivity contribution is 5.73. The molecule has 1 aliphatic rings. The third-order valence-corrected chi connectivity index (χ3v) is 5.15. The van der Waals surface area contributed by atoms with E-state index < -0.39 is 48.6 Å². The lowest BCUT2D eigenvalue weighted by atomic mass is 9.84. The van der Waals surface area contributed by atoms with Gasteiger partial charge in [0.1, 0.15) is 35.9 Å². The maximum atomic E-state index is 12.2. The number of aliphatic hydroxyl groups excluding tert-OH is 4. The van der Waals surface area contributed by atoms with Crippen LogP contribution in [0.2, 0.25) is 0 Å². The average Bonchev–Trinajstić information content (AvgIpc) is 2.76. The summed E-state index contributed by atoms with van der Waals surface area (Å²) in [7, 11) is 0. The molecule has 0 aliphatic heterocycles. The van der Waals surface area contributed by atoms with Crippen LogP contribution in [0.15, 0.2) is 48.5 Å². The molecule has 3 rings (SSSR count). The van der Waals surface area contributed by atoms with Crippen molar-refractivity contribution in [3.63, 3.8) is 0 Å². The third kappa shape index (κ3) is 5.54. The van der Waals surface area contributed by atoms with Gasteiger partial charge in [-0.25, -0.2) is 0 Å². The van der Waals surface area contributed by atoms with Gasteiger partial charge in [-0.2, -0.15) is 0 Å². The monoisotopic (exact) mass is 448 g/mol. The SMILES string of the molecule is O=C(Cc1ccc(O)cc1)OC1[C@@H](O)[C@@H](O)C(OC(=O)Cc2ccc(O)cc2)[C@@H](O)[C@H]1O. The first-order valence-electron chi connectivity index (χ1n) is 9.82. The summed E-state index contributed by atoms with van der Waals surface area (Å²) in [5, 5.41) is 59.9. The number of hydrogen-bond acceptors (Lipinski definition) is 10. The van der Waals surface area contributed by atoms with Gasteiger partial charge in [-0.15, -0.1) is 0 Å². The van der Waals surface area contributed by atoms with Crippen molar-refractivity contribution in [2.24, 2.45) is 0 Å². The second kappa shape index (κ2) is 9.96. The van der Waals surface area contributed by atoms with Crippen molar-refractivity contribution in [2.45, 2.75) is 49.5 Å². The largest absolute Gasteiger partial charge is 0.508 e. The first kappa shape index (κ1) is 23.5. The van der Waals surface area contributed by atoms with Gasteiger partial charge in [-0.1, -0.05) is 24.3 Å². The zero-order valence-electron chi connectivity index (χ0n) is 16.8. The number of ether oxygens (including phenoxy) is 2. The Morgan fingerprint density at radius 1 is 0.594 bits per heavy atom. The Morgan fingerprint density at radius 2 is 0.875 bits per heavy atom. The number of aliphatic hydroxyl groups is 4. The van der Waals surface area contributed by atoms with Gasteiger partial charge in [-0.3, -0.25) is 9.59 Å². The molecule has 32 heavy (non-hydrogen) atoms. The fourth-order valence-electron chi connectivity index (χ4n) is 3.41. The van der Waals surface area contributed by atoms with E-state index in [9.17, 15) is 40.2 Å². The number of carbonyl (C=O) groups is 2. The molecule has 0 saturated heterocycles. The predicted molar refractivity (Wildman–Crippen MR) is 107 cm³/mol. The molecule has 1 saturated carbocycles. The molecule has 2 unspecified atom stereocenters. The Bertz CT molecular complexity index is 833. The molecule has 0 amide bonds. The van der Waals surface area contributed by atoms with E-state index in [1.54, 1.807) is 0 Å². The van der Waals surface area contributed by atoms with Gasteiger partial charge >= 0.3 is 11.9 Å². The molecule has 0 bridgehead atoms. The highest BCUT2D eigenvalue weighted by Gasteiger charge is 2.52. The quantitative estimate of drug-likeness (QED) is 0.306. The minimum atomic E-state index is -1.83. The number of rotatable bonds is 6. The van der Waals surface area contributed by atoms with Gasteiger partial charge in [0, 0.05) is 0 Å². The van der Waals surface area contributed by atoms with Crippen LogP contribution in [0.1, 0.15) is 11.1 Å². The van der Waals surface area contributed by atoms with Gasteiger partial charge in [-0.05, 0) is 35.4 Å². The zero-order valence-corrected chi connectivity index (χ0v) is 16.8. The normalized spacial score (nSPS) is 27.5. The minimum Gasteiger partial charge on any atom is -0.508 e. The van der Waals surface area contributed by atoms with Gasteiger partial charge in [0.2, 0.25) is 0 Å². The maximum Gasteiger partial charge on any atom is 0.310 e. The number of carbonyl (C=O) groups excluding carboxylic acids is 2. The molecule has 6 atom stereocenters. The molecule has 10 nitrogen and oxygen atoms in total. The Balaban J connectivity index is 1.61. The minimum absolute atomic E-state index is 0.0116. The number of phenols is 2. The summed E-state index contributed by atoms with van der Waals surface area (Å²) in [6, 6.07) is 11.4. The topological polar surface area (TPSA) is 174 Å². The number of aromatic hydroxyl groups is 2. The Hall–Kier alpha value is -3.18. The molecule has 6 N–H and O–H groups in total. The average molecular weight is 448 g/mol. The van der Waals surface area contributed by atoms with Gasteiger partial charge < -0.3 is 40.1 Å². The second-order valence-corrected chi connectivity index (χ2v) is 7.56. The van der Waals surface area contributed by atoms with E-state index in [0.717, 1.165) is 0 Å². The Morgan fingerprint density at radius 3 is 1.16 bits per heavy atom. The Labute approximate surface area is 182 Å². The molecule has 2 aromatic rings. The van der Waals surface area contributed by atoms with Crippen molar-refractivity contribution in [3.05, 3.63) is 59.7 Å². The summed E-state index contributed by atoms with van der Waals surface area (Å²) < 4.78 is 10.1. The molecular formula is C22H24O10. The summed E-state index contributed by atoms with van der Waals surface area (Å²) in [5.41, 5.74) is 0.990. The van der Waals surface area contributed by atoms with Crippen LogP contribution in [0.5, 0.6) is 11.5 Å². The molecular weight excluding hydrogens is 424 g/mol. The smallest absolute Gasteiger partial charge is 0.310 e. The molecule has 0 aromatic heterocycles.